The lowest BCUT2D eigenvalue weighted by atomic mass is 9.82. The molecule has 0 saturated carbocycles. The van der Waals surface area contributed by atoms with Gasteiger partial charge in [-0.2, -0.15) is 13.2 Å². The van der Waals surface area contributed by atoms with Crippen molar-refractivity contribution in [3.05, 3.63) is 59.2 Å². The van der Waals surface area contributed by atoms with Crippen molar-refractivity contribution in [2.24, 2.45) is 10.7 Å². The number of hydrogen-bond acceptors (Lipinski definition) is 6. The second-order valence-corrected chi connectivity index (χ2v) is 9.23. The van der Waals surface area contributed by atoms with Crippen LogP contribution in [0.25, 0.3) is 0 Å². The Morgan fingerprint density at radius 3 is 2.76 bits per heavy atom. The summed E-state index contributed by atoms with van der Waals surface area (Å²) >= 11 is 0. The largest absolute Gasteiger partial charge is 0.417 e. The summed E-state index contributed by atoms with van der Waals surface area (Å²) in [5.41, 5.74) is 3.69. The van der Waals surface area contributed by atoms with Gasteiger partial charge in [0.2, 0.25) is 5.96 Å². The van der Waals surface area contributed by atoms with E-state index in [1.165, 1.54) is 23.5 Å². The van der Waals surface area contributed by atoms with E-state index in [9.17, 15) is 26.6 Å². The van der Waals surface area contributed by atoms with E-state index < -0.39 is 45.2 Å². The van der Waals surface area contributed by atoms with Gasteiger partial charge >= 0.3 is 6.18 Å². The monoisotopic (exact) mass is 485 g/mol. The minimum Gasteiger partial charge on any atom is -0.380 e. The Morgan fingerprint density at radius 1 is 1.33 bits per heavy atom. The predicted octanol–water partition coefficient (Wildman–Crippen LogP) is 2.40. The number of guanidine groups is 1. The van der Waals surface area contributed by atoms with Gasteiger partial charge < -0.3 is 15.8 Å². The number of ether oxygens (including phenoxy) is 1. The van der Waals surface area contributed by atoms with Crippen molar-refractivity contribution in [1.29, 1.82) is 0 Å². The molecule has 3 atom stereocenters. The summed E-state index contributed by atoms with van der Waals surface area (Å²) < 4.78 is 72.8. The first-order valence-electron chi connectivity index (χ1n) is 9.75. The molecule has 1 saturated heterocycles. The van der Waals surface area contributed by atoms with E-state index in [-0.39, 0.29) is 42.5 Å². The van der Waals surface area contributed by atoms with E-state index in [2.05, 4.69) is 15.3 Å². The van der Waals surface area contributed by atoms with Gasteiger partial charge in [0.1, 0.15) is 33.3 Å². The van der Waals surface area contributed by atoms with Gasteiger partial charge in [0.15, 0.2) is 0 Å². The number of hydrogen-bond donors (Lipinski definition) is 2. The number of nitrogens with two attached hydrogens (primary N) is 1. The van der Waals surface area contributed by atoms with Gasteiger partial charge in [0, 0.05) is 37.5 Å². The Balaban J connectivity index is 1.67. The second kappa shape index (κ2) is 8.37. The minimum absolute atomic E-state index is 0.0192. The SMILES string of the molecule is CN1C(N)=NC2(c3cc(NC(=O)c4ccc(C(F)(F)F)cn4)ccc3F)CCOCC2S1=O. The highest BCUT2D eigenvalue weighted by atomic mass is 32.2. The molecule has 1 aromatic heterocycles. The van der Waals surface area contributed by atoms with Crippen molar-refractivity contribution >= 4 is 28.5 Å². The summed E-state index contributed by atoms with van der Waals surface area (Å²) in [5, 5.41) is 1.79. The minimum atomic E-state index is -4.58. The summed E-state index contributed by atoms with van der Waals surface area (Å²) in [7, 11) is -0.128. The molecular formula is C20H19F4N5O3S. The zero-order chi connectivity index (χ0) is 24.0. The molecule has 0 spiro atoms. The molecule has 1 aromatic carbocycles. The fourth-order valence-electron chi connectivity index (χ4n) is 3.82. The standard InChI is InChI=1S/C20H19F4N5O3S/c1-29-18(25)28-19(6-7-32-10-16(19)33(29)31)13-8-12(3-4-14(13)21)27-17(30)15-5-2-11(9-26-15)20(22,23)24/h2-5,8-9,16H,6-7,10H2,1H3,(H2,25,28)(H,27,30). The van der Waals surface area contributed by atoms with Crippen LogP contribution >= 0.6 is 0 Å². The van der Waals surface area contributed by atoms with Gasteiger partial charge in [-0.1, -0.05) is 0 Å². The molecule has 3 N–H and O–H groups in total. The molecular weight excluding hydrogens is 466 g/mol. The van der Waals surface area contributed by atoms with E-state index in [4.69, 9.17) is 10.5 Å². The Bertz CT molecular complexity index is 1140. The lowest BCUT2D eigenvalue weighted by Gasteiger charge is -2.45. The summed E-state index contributed by atoms with van der Waals surface area (Å²) in [4.78, 5) is 20.5. The van der Waals surface area contributed by atoms with Gasteiger partial charge in [-0.05, 0) is 30.3 Å². The molecule has 0 aliphatic carbocycles. The summed E-state index contributed by atoms with van der Waals surface area (Å²) in [6, 6.07) is 5.47. The zero-order valence-electron chi connectivity index (χ0n) is 17.2. The Kier molecular flexibility index (Phi) is 5.86. The van der Waals surface area contributed by atoms with Crippen LogP contribution in [0.3, 0.4) is 0 Å². The van der Waals surface area contributed by atoms with Crippen LogP contribution in [-0.2, 0) is 27.4 Å². The average molecular weight is 485 g/mol. The molecule has 4 rings (SSSR count). The molecule has 0 radical (unpaired) electrons. The third-order valence-corrected chi connectivity index (χ3v) is 7.33. The van der Waals surface area contributed by atoms with E-state index >= 15 is 0 Å². The van der Waals surface area contributed by atoms with Crippen LogP contribution in [0.1, 0.15) is 28.0 Å². The fraction of sp³-hybridized carbons (Fsp3) is 0.350. The Labute approximate surface area is 188 Å². The second-order valence-electron chi connectivity index (χ2n) is 7.56. The molecule has 8 nitrogen and oxygen atoms in total. The molecule has 1 fully saturated rings. The molecule has 176 valence electrons. The summed E-state index contributed by atoms with van der Waals surface area (Å²) in [6.07, 6.45) is -3.81. The number of anilines is 1. The predicted molar refractivity (Wildman–Crippen MR) is 112 cm³/mol. The number of alkyl halides is 3. The molecule has 13 heteroatoms. The smallest absolute Gasteiger partial charge is 0.380 e. The number of amides is 1. The van der Waals surface area contributed by atoms with Crippen LogP contribution in [-0.4, -0.2) is 50.9 Å². The third-order valence-electron chi connectivity index (χ3n) is 5.59. The van der Waals surface area contributed by atoms with E-state index in [1.54, 1.807) is 0 Å². The highest BCUT2D eigenvalue weighted by Crippen LogP contribution is 2.43. The molecule has 3 heterocycles. The number of pyridine rings is 1. The fourth-order valence-corrected chi connectivity index (χ4v) is 5.27. The first-order valence-corrected chi connectivity index (χ1v) is 10.9. The number of nitrogens with one attached hydrogen (secondary N) is 1. The van der Waals surface area contributed by atoms with Gasteiger partial charge in [0.25, 0.3) is 5.91 Å². The normalized spacial score (nSPS) is 25.2. The number of carbonyl (C=O) groups excluding carboxylic acids is 1. The van der Waals surface area contributed by atoms with E-state index in [0.717, 1.165) is 18.2 Å². The number of rotatable bonds is 3. The van der Waals surface area contributed by atoms with Gasteiger partial charge in [-0.3, -0.25) is 14.1 Å². The van der Waals surface area contributed by atoms with Crippen molar-refractivity contribution < 1.29 is 31.3 Å². The molecule has 3 unspecified atom stereocenters. The van der Waals surface area contributed by atoms with Crippen molar-refractivity contribution in [1.82, 2.24) is 9.29 Å². The third kappa shape index (κ3) is 4.17. The van der Waals surface area contributed by atoms with E-state index in [1.807, 2.05) is 0 Å². The quantitative estimate of drug-likeness (QED) is 0.649. The van der Waals surface area contributed by atoms with Crippen LogP contribution in [0.4, 0.5) is 23.2 Å². The maximum Gasteiger partial charge on any atom is 0.417 e. The number of nitrogens with zero attached hydrogens (tertiary/aromatic N) is 3. The maximum atomic E-state index is 15.0. The van der Waals surface area contributed by atoms with Gasteiger partial charge in [-0.15, -0.1) is 0 Å². The van der Waals surface area contributed by atoms with Crippen molar-refractivity contribution in [2.75, 3.05) is 25.6 Å². The Morgan fingerprint density at radius 2 is 2.09 bits per heavy atom. The number of benzene rings is 1. The first kappa shape index (κ1) is 23.1. The molecule has 0 bridgehead atoms. The maximum absolute atomic E-state index is 15.0. The van der Waals surface area contributed by atoms with Gasteiger partial charge in [-0.25, -0.2) is 13.6 Å². The number of carbonyl (C=O) groups is 1. The topological polar surface area (TPSA) is 110 Å². The van der Waals surface area contributed by atoms with Crippen molar-refractivity contribution in [3.63, 3.8) is 0 Å². The number of fused-ring (bicyclic) bond motifs is 1. The highest BCUT2D eigenvalue weighted by molar-refractivity contribution is 7.84. The summed E-state index contributed by atoms with van der Waals surface area (Å²) in [6.45, 7) is 0.304. The molecule has 2 aliphatic heterocycles. The Hall–Kier alpha value is -3.06. The van der Waals surface area contributed by atoms with Crippen LogP contribution in [0, 0.1) is 5.82 Å². The average Bonchev–Trinajstić information content (AvgIpc) is 2.78. The van der Waals surface area contributed by atoms with Crippen LogP contribution in [0.2, 0.25) is 0 Å². The van der Waals surface area contributed by atoms with Crippen LogP contribution in [0.15, 0.2) is 41.5 Å². The zero-order valence-corrected chi connectivity index (χ0v) is 18.0. The van der Waals surface area contributed by atoms with Crippen LogP contribution in [0.5, 0.6) is 0 Å². The number of aliphatic imine (C=N–C) groups is 1. The first-order chi connectivity index (χ1) is 15.5. The number of halogens is 4. The van der Waals surface area contributed by atoms with Crippen LogP contribution < -0.4 is 11.1 Å². The highest BCUT2D eigenvalue weighted by Gasteiger charge is 2.52. The van der Waals surface area contributed by atoms with Crippen molar-refractivity contribution in [2.45, 2.75) is 23.4 Å². The van der Waals surface area contributed by atoms with Gasteiger partial charge in [0.05, 0.1) is 12.2 Å². The number of aromatic nitrogens is 1. The molecule has 2 aliphatic rings. The summed E-state index contributed by atoms with van der Waals surface area (Å²) in [5.74, 6) is -1.43. The molecule has 1 amide bonds. The molecule has 33 heavy (non-hydrogen) atoms. The lowest BCUT2D eigenvalue weighted by Crippen LogP contribution is -2.58. The van der Waals surface area contributed by atoms with E-state index in [0.29, 0.717) is 6.20 Å². The van der Waals surface area contributed by atoms with Crippen molar-refractivity contribution in [3.8, 4) is 0 Å². The molecule has 2 aromatic rings. The lowest BCUT2D eigenvalue weighted by molar-refractivity contribution is -0.137.